The van der Waals surface area contributed by atoms with E-state index in [9.17, 15) is 4.79 Å². The Hall–Kier alpha value is -2.28. The summed E-state index contributed by atoms with van der Waals surface area (Å²) in [4.78, 5) is 16.9. The van der Waals surface area contributed by atoms with Crippen LogP contribution >= 0.6 is 12.4 Å². The molecule has 0 aliphatic carbocycles. The molecule has 0 unspecified atom stereocenters. The first kappa shape index (κ1) is 22.0. The quantitative estimate of drug-likeness (QED) is 0.799. The van der Waals surface area contributed by atoms with E-state index >= 15 is 0 Å². The van der Waals surface area contributed by atoms with Crippen LogP contribution in [0.3, 0.4) is 0 Å². The van der Waals surface area contributed by atoms with E-state index < -0.39 is 0 Å². The van der Waals surface area contributed by atoms with E-state index in [2.05, 4.69) is 4.90 Å². The second-order valence-corrected chi connectivity index (χ2v) is 6.65. The number of methoxy groups -OCH3 is 2. The molecule has 1 fully saturated rings. The topological polar surface area (TPSA) is 68.0 Å². The van der Waals surface area contributed by atoms with E-state index in [4.69, 9.17) is 15.2 Å². The largest absolute Gasteiger partial charge is 0.497 e. The first-order valence-electron chi connectivity index (χ1n) is 9.16. The molecule has 2 N–H and O–H groups in total. The van der Waals surface area contributed by atoms with Gasteiger partial charge in [0.25, 0.3) is 5.91 Å². The maximum atomic E-state index is 12.7. The zero-order valence-corrected chi connectivity index (χ0v) is 17.2. The fourth-order valence-corrected chi connectivity index (χ4v) is 3.32. The van der Waals surface area contributed by atoms with Gasteiger partial charge in [0.1, 0.15) is 11.5 Å². The van der Waals surface area contributed by atoms with E-state index in [-0.39, 0.29) is 18.3 Å². The van der Waals surface area contributed by atoms with Gasteiger partial charge in [-0.2, -0.15) is 0 Å². The van der Waals surface area contributed by atoms with Gasteiger partial charge in [-0.3, -0.25) is 9.69 Å². The van der Waals surface area contributed by atoms with Crippen LogP contribution in [0.15, 0.2) is 42.5 Å². The van der Waals surface area contributed by atoms with Crippen molar-refractivity contribution in [3.63, 3.8) is 0 Å². The molecule has 7 heteroatoms. The molecule has 0 bridgehead atoms. The number of ether oxygens (including phenoxy) is 2. The van der Waals surface area contributed by atoms with Gasteiger partial charge in [-0.25, -0.2) is 0 Å². The number of nitrogens with two attached hydrogens (primary N) is 1. The molecular formula is C21H28ClN3O3. The molecule has 152 valence electrons. The summed E-state index contributed by atoms with van der Waals surface area (Å²) in [7, 11) is 3.34. The number of rotatable bonds is 6. The summed E-state index contributed by atoms with van der Waals surface area (Å²) in [6.07, 6.45) is 0. The zero-order chi connectivity index (χ0) is 19.2. The van der Waals surface area contributed by atoms with E-state index in [1.54, 1.807) is 14.2 Å². The molecule has 28 heavy (non-hydrogen) atoms. The molecule has 0 atom stereocenters. The molecule has 1 aliphatic heterocycles. The Kier molecular flexibility index (Phi) is 8.11. The van der Waals surface area contributed by atoms with E-state index in [1.807, 2.05) is 47.4 Å². The standard InChI is InChI=1S/C21H27N3O3.ClH/c1-26-19-7-8-20(27-2)18(13-19)15-23-9-11-24(12-10-23)21(25)17-5-3-16(14-22)4-6-17;/h3-8,13H,9-12,14-15,22H2,1-2H3;1H. The summed E-state index contributed by atoms with van der Waals surface area (Å²) in [5, 5.41) is 0. The molecule has 0 spiro atoms. The van der Waals surface area contributed by atoms with Crippen LogP contribution in [0.25, 0.3) is 0 Å². The van der Waals surface area contributed by atoms with Crippen LogP contribution < -0.4 is 15.2 Å². The van der Waals surface area contributed by atoms with Crippen LogP contribution in [-0.2, 0) is 13.1 Å². The van der Waals surface area contributed by atoms with Crippen LogP contribution in [0.4, 0.5) is 0 Å². The average Bonchev–Trinajstić information content (AvgIpc) is 2.73. The number of benzene rings is 2. The van der Waals surface area contributed by atoms with Crippen molar-refractivity contribution in [2.24, 2.45) is 5.73 Å². The number of hydrogen-bond donors (Lipinski definition) is 1. The summed E-state index contributed by atoms with van der Waals surface area (Å²) in [5.74, 6) is 1.76. The van der Waals surface area contributed by atoms with Crippen molar-refractivity contribution in [2.75, 3.05) is 40.4 Å². The summed E-state index contributed by atoms with van der Waals surface area (Å²) < 4.78 is 10.8. The number of nitrogens with zero attached hydrogens (tertiary/aromatic N) is 2. The third kappa shape index (κ3) is 5.16. The predicted molar refractivity (Wildman–Crippen MR) is 112 cm³/mol. The average molecular weight is 406 g/mol. The highest BCUT2D eigenvalue weighted by atomic mass is 35.5. The molecule has 0 radical (unpaired) electrons. The third-order valence-electron chi connectivity index (χ3n) is 4.98. The van der Waals surface area contributed by atoms with Gasteiger partial charge in [0, 0.05) is 50.4 Å². The second kappa shape index (κ2) is 10.3. The Labute approximate surface area is 172 Å². The SMILES string of the molecule is COc1ccc(OC)c(CN2CCN(C(=O)c3ccc(CN)cc3)CC2)c1.Cl. The van der Waals surface area contributed by atoms with Gasteiger partial charge in [-0.15, -0.1) is 12.4 Å². The summed E-state index contributed by atoms with van der Waals surface area (Å²) in [5.41, 5.74) is 8.46. The molecule has 2 aromatic rings. The minimum Gasteiger partial charge on any atom is -0.497 e. The highest BCUT2D eigenvalue weighted by Gasteiger charge is 2.23. The van der Waals surface area contributed by atoms with Gasteiger partial charge in [-0.05, 0) is 35.9 Å². The van der Waals surface area contributed by atoms with Crippen molar-refractivity contribution in [1.82, 2.24) is 9.80 Å². The van der Waals surface area contributed by atoms with Crippen LogP contribution in [0.5, 0.6) is 11.5 Å². The lowest BCUT2D eigenvalue weighted by atomic mass is 10.1. The van der Waals surface area contributed by atoms with Gasteiger partial charge in [0.15, 0.2) is 0 Å². The Morgan fingerprint density at radius 1 is 1.00 bits per heavy atom. The zero-order valence-electron chi connectivity index (χ0n) is 16.4. The van der Waals surface area contributed by atoms with Crippen molar-refractivity contribution < 1.29 is 14.3 Å². The first-order chi connectivity index (χ1) is 13.1. The van der Waals surface area contributed by atoms with E-state index in [0.717, 1.165) is 47.8 Å². The maximum absolute atomic E-state index is 12.7. The number of carbonyl (C=O) groups excluding carboxylic acids is 1. The van der Waals surface area contributed by atoms with Crippen LogP contribution in [0.1, 0.15) is 21.5 Å². The van der Waals surface area contributed by atoms with Crippen LogP contribution in [0, 0.1) is 0 Å². The Morgan fingerprint density at radius 2 is 1.68 bits per heavy atom. The predicted octanol–water partition coefficient (Wildman–Crippen LogP) is 2.54. The Morgan fingerprint density at radius 3 is 2.25 bits per heavy atom. The van der Waals surface area contributed by atoms with Gasteiger partial charge < -0.3 is 20.1 Å². The molecule has 1 amide bonds. The minimum absolute atomic E-state index is 0. The molecule has 0 aromatic heterocycles. The lowest BCUT2D eigenvalue weighted by Gasteiger charge is -2.35. The van der Waals surface area contributed by atoms with Crippen LogP contribution in [0.2, 0.25) is 0 Å². The third-order valence-corrected chi connectivity index (χ3v) is 4.98. The maximum Gasteiger partial charge on any atom is 0.253 e. The second-order valence-electron chi connectivity index (χ2n) is 6.65. The molecule has 6 nitrogen and oxygen atoms in total. The molecule has 1 aliphatic rings. The number of carbonyl (C=O) groups is 1. The molecule has 2 aromatic carbocycles. The van der Waals surface area contributed by atoms with Crippen LogP contribution in [-0.4, -0.2) is 56.1 Å². The van der Waals surface area contributed by atoms with Crippen molar-refractivity contribution in [1.29, 1.82) is 0 Å². The highest BCUT2D eigenvalue weighted by molar-refractivity contribution is 5.94. The number of amides is 1. The monoisotopic (exact) mass is 405 g/mol. The summed E-state index contributed by atoms with van der Waals surface area (Å²) >= 11 is 0. The Bertz CT molecular complexity index is 775. The highest BCUT2D eigenvalue weighted by Crippen LogP contribution is 2.25. The molecule has 0 saturated carbocycles. The fraction of sp³-hybridized carbons (Fsp3) is 0.381. The normalized spacial score (nSPS) is 14.3. The lowest BCUT2D eigenvalue weighted by Crippen LogP contribution is -2.48. The first-order valence-corrected chi connectivity index (χ1v) is 9.16. The molecule has 1 saturated heterocycles. The number of piperazine rings is 1. The van der Waals surface area contributed by atoms with E-state index in [1.165, 1.54) is 0 Å². The summed E-state index contributed by atoms with van der Waals surface area (Å²) in [6.45, 7) is 4.34. The summed E-state index contributed by atoms with van der Waals surface area (Å²) in [6, 6.07) is 13.4. The molecular weight excluding hydrogens is 378 g/mol. The van der Waals surface area contributed by atoms with Crippen molar-refractivity contribution in [3.05, 3.63) is 59.2 Å². The van der Waals surface area contributed by atoms with E-state index in [0.29, 0.717) is 19.6 Å². The lowest BCUT2D eigenvalue weighted by molar-refractivity contribution is 0.0627. The Balaban J connectivity index is 0.00000280. The van der Waals surface area contributed by atoms with Gasteiger partial charge in [-0.1, -0.05) is 12.1 Å². The van der Waals surface area contributed by atoms with Gasteiger partial charge in [0.05, 0.1) is 14.2 Å². The molecule has 1 heterocycles. The number of hydrogen-bond acceptors (Lipinski definition) is 5. The van der Waals surface area contributed by atoms with Gasteiger partial charge in [0.2, 0.25) is 0 Å². The molecule has 3 rings (SSSR count). The number of halogens is 1. The fourth-order valence-electron chi connectivity index (χ4n) is 3.32. The van der Waals surface area contributed by atoms with Crippen molar-refractivity contribution in [2.45, 2.75) is 13.1 Å². The smallest absolute Gasteiger partial charge is 0.253 e. The van der Waals surface area contributed by atoms with Gasteiger partial charge >= 0.3 is 0 Å². The van der Waals surface area contributed by atoms with Crippen molar-refractivity contribution >= 4 is 18.3 Å². The minimum atomic E-state index is 0. The van der Waals surface area contributed by atoms with Crippen molar-refractivity contribution in [3.8, 4) is 11.5 Å².